The van der Waals surface area contributed by atoms with Crippen LogP contribution in [-0.4, -0.2) is 17.8 Å². The summed E-state index contributed by atoms with van der Waals surface area (Å²) >= 11 is 5.83. The quantitative estimate of drug-likeness (QED) is 0.664. The summed E-state index contributed by atoms with van der Waals surface area (Å²) in [5, 5.41) is 2.86. The number of amides is 1. The molecule has 0 aliphatic heterocycles. The number of nitrogens with one attached hydrogen (secondary N) is 1. The predicted octanol–water partition coefficient (Wildman–Crippen LogP) is 2.17. The molecule has 0 fully saturated rings. The van der Waals surface area contributed by atoms with Gasteiger partial charge >= 0.3 is 0 Å². The standard InChI is InChI=1S/C9H18ClNO/c1-4-8(10)6-11-9(12)5-7(2)3/h7-8H,4-6H2,1-3H3,(H,11,12). The van der Waals surface area contributed by atoms with E-state index in [2.05, 4.69) is 5.32 Å². The number of hydrogen-bond acceptors (Lipinski definition) is 1. The molecule has 0 aliphatic rings. The summed E-state index contributed by atoms with van der Waals surface area (Å²) in [5.41, 5.74) is 0. The van der Waals surface area contributed by atoms with Gasteiger partial charge in [-0.15, -0.1) is 11.6 Å². The lowest BCUT2D eigenvalue weighted by Gasteiger charge is -2.09. The molecule has 0 aliphatic carbocycles. The SMILES string of the molecule is CCC(Cl)CNC(=O)CC(C)C. The molecule has 3 heteroatoms. The fourth-order valence-electron chi connectivity index (χ4n) is 0.812. The second-order valence-corrected chi connectivity index (χ2v) is 4.02. The Hall–Kier alpha value is -0.240. The van der Waals surface area contributed by atoms with E-state index in [1.807, 2.05) is 20.8 Å². The fraction of sp³-hybridized carbons (Fsp3) is 0.889. The predicted molar refractivity (Wildman–Crippen MR) is 52.4 cm³/mol. The van der Waals surface area contributed by atoms with E-state index in [4.69, 9.17) is 11.6 Å². The molecule has 12 heavy (non-hydrogen) atoms. The van der Waals surface area contributed by atoms with Gasteiger partial charge in [-0.05, 0) is 12.3 Å². The third kappa shape index (κ3) is 6.47. The summed E-state index contributed by atoms with van der Waals surface area (Å²) in [7, 11) is 0. The van der Waals surface area contributed by atoms with Crippen molar-refractivity contribution >= 4 is 17.5 Å². The Kier molecular flexibility index (Phi) is 6.17. The minimum atomic E-state index is 0.0705. The van der Waals surface area contributed by atoms with Gasteiger partial charge in [0.1, 0.15) is 0 Å². The molecule has 0 aromatic rings. The van der Waals surface area contributed by atoms with E-state index in [-0.39, 0.29) is 11.3 Å². The molecule has 1 unspecified atom stereocenters. The zero-order valence-electron chi connectivity index (χ0n) is 8.06. The molecule has 0 bridgehead atoms. The Balaban J connectivity index is 3.44. The molecule has 0 rings (SSSR count). The van der Waals surface area contributed by atoms with Crippen molar-refractivity contribution in [3.05, 3.63) is 0 Å². The molecule has 0 radical (unpaired) electrons. The van der Waals surface area contributed by atoms with Gasteiger partial charge in [-0.3, -0.25) is 4.79 Å². The van der Waals surface area contributed by atoms with Gasteiger partial charge in [0, 0.05) is 13.0 Å². The Labute approximate surface area is 79.7 Å². The maximum Gasteiger partial charge on any atom is 0.220 e. The van der Waals surface area contributed by atoms with Crippen LogP contribution < -0.4 is 5.32 Å². The third-order valence-electron chi connectivity index (χ3n) is 1.56. The minimum Gasteiger partial charge on any atom is -0.355 e. The van der Waals surface area contributed by atoms with Gasteiger partial charge in [0.15, 0.2) is 0 Å². The molecule has 1 N–H and O–H groups in total. The number of rotatable bonds is 5. The van der Waals surface area contributed by atoms with Gasteiger partial charge in [0.2, 0.25) is 5.91 Å². The number of carbonyl (C=O) groups is 1. The van der Waals surface area contributed by atoms with E-state index in [0.717, 1.165) is 6.42 Å². The topological polar surface area (TPSA) is 29.1 Å². The average Bonchev–Trinajstić information content (AvgIpc) is 1.99. The number of halogens is 1. The van der Waals surface area contributed by atoms with Crippen LogP contribution in [0.15, 0.2) is 0 Å². The summed E-state index contributed by atoms with van der Waals surface area (Å²) in [5.74, 6) is 0.518. The summed E-state index contributed by atoms with van der Waals surface area (Å²) in [6.45, 7) is 6.64. The van der Waals surface area contributed by atoms with E-state index >= 15 is 0 Å². The van der Waals surface area contributed by atoms with Crippen molar-refractivity contribution in [1.29, 1.82) is 0 Å². The zero-order valence-corrected chi connectivity index (χ0v) is 8.82. The van der Waals surface area contributed by atoms with Crippen LogP contribution >= 0.6 is 11.6 Å². The lowest BCUT2D eigenvalue weighted by Crippen LogP contribution is -2.30. The highest BCUT2D eigenvalue weighted by molar-refractivity contribution is 6.20. The first-order chi connectivity index (χ1) is 5.56. The molecular weight excluding hydrogens is 174 g/mol. The van der Waals surface area contributed by atoms with Crippen molar-refractivity contribution in [2.75, 3.05) is 6.54 Å². The molecule has 0 saturated heterocycles. The van der Waals surface area contributed by atoms with Crippen molar-refractivity contribution in [1.82, 2.24) is 5.32 Å². The highest BCUT2D eigenvalue weighted by Gasteiger charge is 2.06. The molecule has 2 nitrogen and oxygen atoms in total. The molecule has 0 aromatic carbocycles. The summed E-state index contributed by atoms with van der Waals surface area (Å²) < 4.78 is 0. The van der Waals surface area contributed by atoms with Crippen molar-refractivity contribution in [2.24, 2.45) is 5.92 Å². The number of alkyl halides is 1. The maximum atomic E-state index is 11.1. The van der Waals surface area contributed by atoms with E-state index in [1.165, 1.54) is 0 Å². The first-order valence-electron chi connectivity index (χ1n) is 4.47. The highest BCUT2D eigenvalue weighted by Crippen LogP contribution is 2.01. The first kappa shape index (κ1) is 11.8. The Morgan fingerprint density at radius 3 is 2.50 bits per heavy atom. The van der Waals surface area contributed by atoms with Crippen LogP contribution in [-0.2, 0) is 4.79 Å². The molecule has 1 amide bonds. The monoisotopic (exact) mass is 191 g/mol. The second-order valence-electron chi connectivity index (χ2n) is 3.41. The zero-order chi connectivity index (χ0) is 9.56. The Morgan fingerprint density at radius 1 is 1.50 bits per heavy atom. The van der Waals surface area contributed by atoms with Crippen molar-refractivity contribution < 1.29 is 4.79 Å². The molecular formula is C9H18ClNO. The van der Waals surface area contributed by atoms with Gasteiger partial charge in [0.05, 0.1) is 5.38 Å². The van der Waals surface area contributed by atoms with Gasteiger partial charge in [-0.25, -0.2) is 0 Å². The summed E-state index contributed by atoms with van der Waals surface area (Å²) in [6, 6.07) is 0. The van der Waals surface area contributed by atoms with Crippen LogP contribution in [0.1, 0.15) is 33.6 Å². The van der Waals surface area contributed by atoms with E-state index in [0.29, 0.717) is 18.9 Å². The lowest BCUT2D eigenvalue weighted by molar-refractivity contribution is -0.121. The molecule has 0 heterocycles. The summed E-state index contributed by atoms with van der Waals surface area (Å²) in [4.78, 5) is 11.1. The van der Waals surface area contributed by atoms with Crippen LogP contribution in [0.25, 0.3) is 0 Å². The molecule has 1 atom stereocenters. The van der Waals surface area contributed by atoms with Crippen LogP contribution in [0.2, 0.25) is 0 Å². The molecule has 0 spiro atoms. The van der Waals surface area contributed by atoms with E-state index in [1.54, 1.807) is 0 Å². The molecule has 0 aromatic heterocycles. The molecule has 0 saturated carbocycles. The normalized spacial score (nSPS) is 13.1. The Bertz CT molecular complexity index is 136. The fourth-order valence-corrected chi connectivity index (χ4v) is 0.889. The van der Waals surface area contributed by atoms with Gasteiger partial charge in [0.25, 0.3) is 0 Å². The van der Waals surface area contributed by atoms with E-state index in [9.17, 15) is 4.79 Å². The van der Waals surface area contributed by atoms with Crippen LogP contribution in [0.5, 0.6) is 0 Å². The van der Waals surface area contributed by atoms with E-state index < -0.39 is 0 Å². The molecule has 72 valence electrons. The van der Waals surface area contributed by atoms with Gasteiger partial charge in [-0.2, -0.15) is 0 Å². The lowest BCUT2D eigenvalue weighted by atomic mass is 10.1. The first-order valence-corrected chi connectivity index (χ1v) is 4.90. The van der Waals surface area contributed by atoms with Crippen LogP contribution in [0, 0.1) is 5.92 Å². The minimum absolute atomic E-state index is 0.0705. The second kappa shape index (κ2) is 6.30. The van der Waals surface area contributed by atoms with Crippen molar-refractivity contribution in [2.45, 2.75) is 39.0 Å². The van der Waals surface area contributed by atoms with Crippen molar-refractivity contribution in [3.63, 3.8) is 0 Å². The number of carbonyl (C=O) groups excluding carboxylic acids is 1. The average molecular weight is 192 g/mol. The van der Waals surface area contributed by atoms with Crippen LogP contribution in [0.4, 0.5) is 0 Å². The highest BCUT2D eigenvalue weighted by atomic mass is 35.5. The van der Waals surface area contributed by atoms with Gasteiger partial charge in [-0.1, -0.05) is 20.8 Å². The largest absolute Gasteiger partial charge is 0.355 e. The Morgan fingerprint density at radius 2 is 2.08 bits per heavy atom. The maximum absolute atomic E-state index is 11.1. The van der Waals surface area contributed by atoms with Crippen molar-refractivity contribution in [3.8, 4) is 0 Å². The van der Waals surface area contributed by atoms with Gasteiger partial charge < -0.3 is 5.32 Å². The van der Waals surface area contributed by atoms with Crippen LogP contribution in [0.3, 0.4) is 0 Å². The third-order valence-corrected chi connectivity index (χ3v) is 2.02. The smallest absolute Gasteiger partial charge is 0.220 e. The summed E-state index contributed by atoms with van der Waals surface area (Å²) in [6.07, 6.45) is 1.48. The number of hydrogen-bond donors (Lipinski definition) is 1.